The number of fused-ring (bicyclic) bond motifs is 1. The highest BCUT2D eigenvalue weighted by molar-refractivity contribution is 9.11. The van der Waals surface area contributed by atoms with Crippen molar-refractivity contribution in [2.45, 2.75) is 76.0 Å². The van der Waals surface area contributed by atoms with Gasteiger partial charge in [-0.15, -0.1) is 0 Å². The summed E-state index contributed by atoms with van der Waals surface area (Å²) in [5.74, 6) is -0.0448. The maximum Gasteiger partial charge on any atom is 0.322 e. The van der Waals surface area contributed by atoms with E-state index in [1.54, 1.807) is 17.3 Å². The number of amides is 5. The molecule has 1 aromatic carbocycles. The van der Waals surface area contributed by atoms with E-state index < -0.39 is 6.04 Å². The number of halogens is 2. The second-order valence-corrected chi connectivity index (χ2v) is 14.4. The predicted molar refractivity (Wildman–Crippen MR) is 181 cm³/mol. The van der Waals surface area contributed by atoms with E-state index in [0.717, 1.165) is 51.7 Å². The molecule has 5 heterocycles. The third-order valence-corrected chi connectivity index (χ3v) is 11.1. The van der Waals surface area contributed by atoms with E-state index in [9.17, 15) is 14.4 Å². The first kappa shape index (κ1) is 32.1. The Balaban J connectivity index is 1.09. The molecule has 4 aliphatic rings. The summed E-state index contributed by atoms with van der Waals surface area (Å²) < 4.78 is 1.49. The van der Waals surface area contributed by atoms with Crippen molar-refractivity contribution in [3.05, 3.63) is 50.7 Å². The van der Waals surface area contributed by atoms with Crippen molar-refractivity contribution in [2.24, 2.45) is 0 Å². The minimum Gasteiger partial charge on any atom is -0.397 e. The van der Waals surface area contributed by atoms with Crippen LogP contribution in [0.1, 0.15) is 56.1 Å². The Morgan fingerprint density at radius 1 is 0.956 bits per heavy atom. The van der Waals surface area contributed by atoms with E-state index in [0.29, 0.717) is 63.7 Å². The molecule has 0 unspecified atom stereocenters. The number of carbonyl (C=O) groups excluding carboxylic acids is 3. The third-order valence-electron chi connectivity index (χ3n) is 9.80. The van der Waals surface area contributed by atoms with E-state index in [2.05, 4.69) is 52.4 Å². The molecule has 4 N–H and O–H groups in total. The molecule has 1 aromatic heterocycles. The lowest BCUT2D eigenvalue weighted by Crippen LogP contribution is -2.57. The minimum absolute atomic E-state index is 0.0190. The summed E-state index contributed by atoms with van der Waals surface area (Å²) in [6.45, 7) is 5.21. The van der Waals surface area contributed by atoms with Gasteiger partial charge in [-0.25, -0.2) is 9.59 Å². The van der Waals surface area contributed by atoms with E-state index in [4.69, 9.17) is 5.73 Å². The topological polar surface area (TPSA) is 127 Å². The number of benzene rings is 1. The number of nitrogen functional groups attached to an aromatic ring is 1. The Hall–Kier alpha value is -2.90. The van der Waals surface area contributed by atoms with Crippen molar-refractivity contribution < 1.29 is 14.4 Å². The van der Waals surface area contributed by atoms with Crippen LogP contribution < -0.4 is 16.4 Å². The highest BCUT2D eigenvalue weighted by Crippen LogP contribution is 2.31. The number of hydrogen-bond acceptors (Lipinski definition) is 6. The number of piperidine rings is 3. The number of aromatic nitrogens is 1. The van der Waals surface area contributed by atoms with Gasteiger partial charge in [0.1, 0.15) is 6.04 Å². The second kappa shape index (κ2) is 14.3. The molecule has 242 valence electrons. The number of rotatable bonds is 6. The molecule has 0 bridgehead atoms. The molecule has 0 aliphatic carbocycles. The van der Waals surface area contributed by atoms with Crippen LogP contribution in [0.15, 0.2) is 39.5 Å². The van der Waals surface area contributed by atoms with E-state index >= 15 is 0 Å². The van der Waals surface area contributed by atoms with Gasteiger partial charge in [0, 0.05) is 71.6 Å². The van der Waals surface area contributed by atoms with Crippen LogP contribution in [-0.2, 0) is 17.8 Å². The van der Waals surface area contributed by atoms with Crippen molar-refractivity contribution in [2.75, 3.05) is 50.3 Å². The summed E-state index contributed by atoms with van der Waals surface area (Å²) in [5, 5.41) is 6.06. The Morgan fingerprint density at radius 3 is 2.29 bits per heavy atom. The maximum absolute atomic E-state index is 14.0. The molecule has 5 amide bonds. The zero-order chi connectivity index (χ0) is 31.5. The Bertz CT molecular complexity index is 1380. The van der Waals surface area contributed by atoms with Crippen LogP contribution in [0.5, 0.6) is 0 Å². The van der Waals surface area contributed by atoms with Gasteiger partial charge in [-0.3, -0.25) is 9.78 Å². The number of nitrogens with one attached hydrogen (secondary N) is 2. The van der Waals surface area contributed by atoms with Gasteiger partial charge >= 0.3 is 12.1 Å². The van der Waals surface area contributed by atoms with Crippen LogP contribution in [0.2, 0.25) is 0 Å². The monoisotopic (exact) mass is 744 g/mol. The first-order chi connectivity index (χ1) is 21.8. The van der Waals surface area contributed by atoms with Crippen LogP contribution in [-0.4, -0.2) is 99.9 Å². The molecule has 3 fully saturated rings. The lowest BCUT2D eigenvalue weighted by molar-refractivity contribution is -0.134. The number of nitrogens with zero attached hydrogens (tertiary/aromatic N) is 5. The number of hydrogen-bond donors (Lipinski definition) is 3. The van der Waals surface area contributed by atoms with E-state index in [1.165, 1.54) is 19.3 Å². The molecule has 2 aromatic rings. The smallest absolute Gasteiger partial charge is 0.322 e. The molecule has 13 heteroatoms. The van der Waals surface area contributed by atoms with Crippen LogP contribution in [0.4, 0.5) is 21.0 Å². The largest absolute Gasteiger partial charge is 0.397 e. The van der Waals surface area contributed by atoms with Crippen molar-refractivity contribution >= 4 is 61.2 Å². The lowest BCUT2D eigenvalue weighted by Gasteiger charge is -2.42. The number of likely N-dealkylation sites (tertiary alicyclic amines) is 3. The normalized spacial score (nSPS) is 20.8. The fourth-order valence-corrected chi connectivity index (χ4v) is 8.46. The molecule has 4 aliphatic heterocycles. The molecule has 3 saturated heterocycles. The summed E-state index contributed by atoms with van der Waals surface area (Å²) in [4.78, 5) is 52.8. The highest BCUT2D eigenvalue weighted by atomic mass is 79.9. The quantitative estimate of drug-likeness (QED) is 0.365. The van der Waals surface area contributed by atoms with Crippen LogP contribution in [0, 0.1) is 0 Å². The third kappa shape index (κ3) is 7.41. The lowest BCUT2D eigenvalue weighted by atomic mass is 9.98. The molecule has 0 saturated carbocycles. The second-order valence-electron chi connectivity index (χ2n) is 12.6. The fraction of sp³-hybridized carbons (Fsp3) is 0.562. The predicted octanol–water partition coefficient (Wildman–Crippen LogP) is 4.80. The highest BCUT2D eigenvalue weighted by Gasteiger charge is 2.35. The number of urea groups is 2. The standard InChI is InChI=1S/C32H42Br2N8O3/c33-25-16-21(17-26(34)29(25)35)18-28(30(43)40-12-5-23(6-13-40)39-10-2-1-3-11-39)38-31(44)41-14-7-24(8-15-41)42-20-22-19-36-9-4-27(22)37-32(42)45/h4,9,16-17,19,23-24,28H,1-3,5-8,10-15,18,20,35H2,(H,37,45)(H,38,44)/t28-/m1/s1. The summed E-state index contributed by atoms with van der Waals surface area (Å²) in [7, 11) is 0. The molecule has 11 nitrogen and oxygen atoms in total. The molecule has 0 radical (unpaired) electrons. The number of pyridine rings is 1. The van der Waals surface area contributed by atoms with Gasteiger partial charge in [0.05, 0.1) is 17.9 Å². The maximum atomic E-state index is 14.0. The van der Waals surface area contributed by atoms with Crippen molar-refractivity contribution in [1.82, 2.24) is 29.9 Å². The van der Waals surface area contributed by atoms with Crippen LogP contribution in [0.25, 0.3) is 0 Å². The summed E-state index contributed by atoms with van der Waals surface area (Å²) in [6, 6.07) is 5.11. The summed E-state index contributed by atoms with van der Waals surface area (Å²) in [6.07, 6.45) is 10.9. The molecule has 45 heavy (non-hydrogen) atoms. The van der Waals surface area contributed by atoms with Crippen molar-refractivity contribution in [1.29, 1.82) is 0 Å². The van der Waals surface area contributed by atoms with Crippen molar-refractivity contribution in [3.63, 3.8) is 0 Å². The molecule has 6 rings (SSSR count). The fourth-order valence-electron chi connectivity index (χ4n) is 7.18. The SMILES string of the molecule is Nc1c(Br)cc(C[C@@H](NC(=O)N2CCC(N3Cc4cnccc4NC3=O)CC2)C(=O)N2CCC(N3CCCCC3)CC2)cc1Br. The van der Waals surface area contributed by atoms with E-state index in [-0.39, 0.29) is 24.0 Å². The van der Waals surface area contributed by atoms with Gasteiger partial charge in [0.15, 0.2) is 0 Å². The Kier molecular flexibility index (Phi) is 10.2. The van der Waals surface area contributed by atoms with Gasteiger partial charge in [-0.2, -0.15) is 0 Å². The van der Waals surface area contributed by atoms with E-state index in [1.807, 2.05) is 28.0 Å². The first-order valence-corrected chi connectivity index (χ1v) is 17.7. The Morgan fingerprint density at radius 2 is 1.60 bits per heavy atom. The number of carbonyl (C=O) groups is 3. The van der Waals surface area contributed by atoms with Crippen LogP contribution >= 0.6 is 31.9 Å². The minimum atomic E-state index is -0.707. The van der Waals surface area contributed by atoms with Gasteiger partial charge in [0.25, 0.3) is 0 Å². The molecular weight excluding hydrogens is 704 g/mol. The van der Waals surface area contributed by atoms with Gasteiger partial charge in [-0.05, 0) is 107 Å². The van der Waals surface area contributed by atoms with Gasteiger partial charge in [-0.1, -0.05) is 6.42 Å². The van der Waals surface area contributed by atoms with Gasteiger partial charge in [0.2, 0.25) is 5.91 Å². The molecule has 0 spiro atoms. The average Bonchev–Trinajstić information content (AvgIpc) is 3.06. The van der Waals surface area contributed by atoms with Crippen molar-refractivity contribution in [3.8, 4) is 0 Å². The number of nitrogens with two attached hydrogens (primary N) is 1. The molecule has 1 atom stereocenters. The Labute approximate surface area is 281 Å². The number of anilines is 2. The first-order valence-electron chi connectivity index (χ1n) is 16.1. The molecular formula is C32H42Br2N8O3. The average molecular weight is 747 g/mol. The van der Waals surface area contributed by atoms with Gasteiger partial charge < -0.3 is 36.0 Å². The van der Waals surface area contributed by atoms with Crippen LogP contribution in [0.3, 0.4) is 0 Å². The summed E-state index contributed by atoms with van der Waals surface area (Å²) >= 11 is 7.05. The zero-order valence-electron chi connectivity index (χ0n) is 25.5. The zero-order valence-corrected chi connectivity index (χ0v) is 28.7. The summed E-state index contributed by atoms with van der Waals surface area (Å²) in [5.41, 5.74) is 9.40.